The summed E-state index contributed by atoms with van der Waals surface area (Å²) in [6.45, 7) is 2.19. The number of nitrogens with zero attached hydrogens (tertiary/aromatic N) is 1. The molecule has 2 aromatic carbocycles. The van der Waals surface area contributed by atoms with Crippen LogP contribution < -0.4 is 38.9 Å². The van der Waals surface area contributed by atoms with E-state index in [1.54, 1.807) is 54.6 Å². The Kier molecular flexibility index (Phi) is 13.5. The second kappa shape index (κ2) is 17.0. The van der Waals surface area contributed by atoms with E-state index in [0.717, 1.165) is 6.42 Å². The van der Waals surface area contributed by atoms with E-state index in [0.29, 0.717) is 29.7 Å². The molecule has 0 saturated heterocycles. The Labute approximate surface area is 245 Å². The largest absolute Gasteiger partial charge is 0.384 e. The molecule has 0 saturated carbocycles. The molecule has 0 radical (unpaired) electrons. The molecule has 0 aliphatic rings. The molecule has 0 heterocycles. The number of amidine groups is 1. The number of carbonyl (C=O) groups is 4. The highest BCUT2D eigenvalue weighted by molar-refractivity contribution is 6.07. The van der Waals surface area contributed by atoms with Gasteiger partial charge in [0.1, 0.15) is 23.8 Å². The summed E-state index contributed by atoms with van der Waals surface area (Å²) >= 11 is 0. The van der Waals surface area contributed by atoms with E-state index in [9.17, 15) is 19.2 Å². The fourth-order valence-electron chi connectivity index (χ4n) is 4.12. The van der Waals surface area contributed by atoms with Gasteiger partial charge >= 0.3 is 0 Å². The van der Waals surface area contributed by atoms with Gasteiger partial charge in [-0.1, -0.05) is 62.2 Å². The van der Waals surface area contributed by atoms with E-state index >= 15 is 0 Å². The third-order valence-electron chi connectivity index (χ3n) is 6.46. The van der Waals surface area contributed by atoms with Gasteiger partial charge in [0.2, 0.25) is 23.6 Å². The number of rotatable bonds is 17. The van der Waals surface area contributed by atoms with Gasteiger partial charge < -0.3 is 38.9 Å². The molecule has 226 valence electrons. The third kappa shape index (κ3) is 11.3. The van der Waals surface area contributed by atoms with E-state index in [4.69, 9.17) is 28.3 Å². The number of anilines is 1. The molecule has 0 aliphatic heterocycles. The van der Waals surface area contributed by atoms with Crippen LogP contribution in [0.2, 0.25) is 0 Å². The van der Waals surface area contributed by atoms with E-state index in [-0.39, 0.29) is 37.6 Å². The predicted molar refractivity (Wildman–Crippen MR) is 162 cm³/mol. The van der Waals surface area contributed by atoms with Gasteiger partial charge in [-0.25, -0.2) is 0 Å². The number of guanidine groups is 1. The van der Waals surface area contributed by atoms with Crippen molar-refractivity contribution in [2.75, 3.05) is 11.9 Å². The lowest BCUT2D eigenvalue weighted by Gasteiger charge is -2.24. The number of aliphatic imine (C=N–C) groups is 1. The molecule has 0 spiro atoms. The summed E-state index contributed by atoms with van der Waals surface area (Å²) in [5, 5.41) is 15.7. The molecule has 2 aromatic rings. The number of nitrogens with one attached hydrogen (secondary N) is 4. The van der Waals surface area contributed by atoms with Crippen molar-refractivity contribution in [2.24, 2.45) is 33.8 Å². The summed E-state index contributed by atoms with van der Waals surface area (Å²) in [6, 6.07) is 13.3. The van der Waals surface area contributed by atoms with Crippen LogP contribution in [0.1, 0.15) is 50.2 Å². The molecular formula is C29H41N9O4. The van der Waals surface area contributed by atoms with Crippen LogP contribution in [0, 0.1) is 11.3 Å². The molecule has 0 aromatic heterocycles. The maximum Gasteiger partial charge on any atom is 0.243 e. The second-order valence-electron chi connectivity index (χ2n) is 9.84. The first-order valence-corrected chi connectivity index (χ1v) is 13.8. The second-order valence-corrected chi connectivity index (χ2v) is 9.84. The van der Waals surface area contributed by atoms with Crippen molar-refractivity contribution >= 4 is 41.1 Å². The maximum absolute atomic E-state index is 13.6. The van der Waals surface area contributed by atoms with Crippen LogP contribution in [0.3, 0.4) is 0 Å². The Morgan fingerprint density at radius 2 is 1.43 bits per heavy atom. The average molecular weight is 580 g/mol. The molecule has 3 atom stereocenters. The molecule has 2 unspecified atom stereocenters. The third-order valence-corrected chi connectivity index (χ3v) is 6.46. The highest BCUT2D eigenvalue weighted by atomic mass is 16.2. The van der Waals surface area contributed by atoms with Gasteiger partial charge in [0.25, 0.3) is 0 Å². The minimum atomic E-state index is -1.20. The van der Waals surface area contributed by atoms with Crippen molar-refractivity contribution in [1.82, 2.24) is 10.6 Å². The standard InChI is InChI=1S/C29H41N9O4/c1-2-3-10-23(28(42)37-22(25(32)39)11-7-16-35-29(33)34)38-27(41)21(26(40)36-20-8-5-4-6-9-20)17-18-12-14-19(15-13-18)24(30)31/h4-6,8-9,12-15,21-23H,2-3,7,10-11,16-17H2,1H3,(H3,30,31)(H2,32,39)(H,36,40)(H,37,42)(H,38,41)(H4,33,34,35)/t21?,22-,23?/m0/s1. The van der Waals surface area contributed by atoms with E-state index in [1.165, 1.54) is 0 Å². The molecule has 0 bridgehead atoms. The Bertz CT molecular complexity index is 1250. The lowest BCUT2D eigenvalue weighted by molar-refractivity contribution is -0.136. The fraction of sp³-hybridized carbons (Fsp3) is 0.379. The van der Waals surface area contributed by atoms with Crippen LogP contribution in [0.25, 0.3) is 0 Å². The quantitative estimate of drug-likeness (QED) is 0.0569. The van der Waals surface area contributed by atoms with Crippen molar-refractivity contribution in [3.8, 4) is 0 Å². The van der Waals surface area contributed by atoms with Crippen LogP contribution in [0.4, 0.5) is 5.69 Å². The van der Waals surface area contributed by atoms with E-state index in [1.807, 2.05) is 6.92 Å². The summed E-state index contributed by atoms with van der Waals surface area (Å²) < 4.78 is 0. The Balaban J connectivity index is 2.24. The van der Waals surface area contributed by atoms with Gasteiger partial charge in [0, 0.05) is 17.8 Å². The van der Waals surface area contributed by atoms with Crippen molar-refractivity contribution < 1.29 is 19.2 Å². The topological polar surface area (TPSA) is 245 Å². The number of hydrogen-bond acceptors (Lipinski definition) is 6. The summed E-state index contributed by atoms with van der Waals surface area (Å²) in [7, 11) is 0. The molecule has 0 fully saturated rings. The van der Waals surface area contributed by atoms with Crippen molar-refractivity contribution in [2.45, 2.75) is 57.5 Å². The first-order chi connectivity index (χ1) is 20.0. The lowest BCUT2D eigenvalue weighted by Crippen LogP contribution is -2.54. The van der Waals surface area contributed by atoms with Gasteiger partial charge in [-0.2, -0.15) is 0 Å². The predicted octanol–water partition coefficient (Wildman–Crippen LogP) is 0.467. The number of carbonyl (C=O) groups excluding carboxylic acids is 4. The van der Waals surface area contributed by atoms with Crippen LogP contribution >= 0.6 is 0 Å². The van der Waals surface area contributed by atoms with E-state index < -0.39 is 41.6 Å². The molecule has 2 rings (SSSR count). The van der Waals surface area contributed by atoms with Crippen molar-refractivity contribution in [1.29, 1.82) is 5.41 Å². The summed E-state index contributed by atoms with van der Waals surface area (Å²) in [6.07, 6.45) is 2.26. The van der Waals surface area contributed by atoms with Gasteiger partial charge in [0.05, 0.1) is 0 Å². The van der Waals surface area contributed by atoms with Crippen LogP contribution in [0.15, 0.2) is 59.6 Å². The molecule has 13 heteroatoms. The molecule has 12 N–H and O–H groups in total. The van der Waals surface area contributed by atoms with Crippen molar-refractivity contribution in [3.05, 3.63) is 65.7 Å². The average Bonchev–Trinajstić information content (AvgIpc) is 2.95. The van der Waals surface area contributed by atoms with Gasteiger partial charge in [0.15, 0.2) is 5.96 Å². The van der Waals surface area contributed by atoms with E-state index in [2.05, 4.69) is 20.9 Å². The molecule has 0 aliphatic carbocycles. The number of benzene rings is 2. The minimum absolute atomic E-state index is 0.0273. The molecule has 42 heavy (non-hydrogen) atoms. The van der Waals surface area contributed by atoms with Crippen molar-refractivity contribution in [3.63, 3.8) is 0 Å². The Morgan fingerprint density at radius 1 is 0.810 bits per heavy atom. The number of hydrogen-bond donors (Lipinski definition) is 8. The highest BCUT2D eigenvalue weighted by Crippen LogP contribution is 2.16. The zero-order valence-electron chi connectivity index (χ0n) is 23.8. The number of primary amides is 1. The fourth-order valence-corrected chi connectivity index (χ4v) is 4.12. The van der Waals surface area contributed by atoms with Crippen LogP contribution in [-0.2, 0) is 25.6 Å². The number of amides is 4. The lowest BCUT2D eigenvalue weighted by atomic mass is 9.95. The summed E-state index contributed by atoms with van der Waals surface area (Å²) in [5.74, 6) is -3.92. The maximum atomic E-state index is 13.6. The first-order valence-electron chi connectivity index (χ1n) is 13.8. The summed E-state index contributed by atoms with van der Waals surface area (Å²) in [5.41, 5.74) is 23.4. The monoisotopic (exact) mass is 579 g/mol. The zero-order chi connectivity index (χ0) is 31.1. The number of nitrogens with two attached hydrogens (primary N) is 4. The number of unbranched alkanes of at least 4 members (excludes halogenated alkanes) is 1. The highest BCUT2D eigenvalue weighted by Gasteiger charge is 2.32. The smallest absolute Gasteiger partial charge is 0.243 e. The Hall–Kier alpha value is -4.94. The zero-order valence-corrected chi connectivity index (χ0v) is 23.8. The Morgan fingerprint density at radius 3 is 2.00 bits per heavy atom. The number of para-hydroxylation sites is 1. The summed E-state index contributed by atoms with van der Waals surface area (Å²) in [4.78, 5) is 56.1. The van der Waals surface area contributed by atoms with Gasteiger partial charge in [-0.05, 0) is 43.4 Å². The van der Waals surface area contributed by atoms with Gasteiger partial charge in [-0.15, -0.1) is 0 Å². The molecule has 4 amide bonds. The van der Waals surface area contributed by atoms with Crippen LogP contribution in [-0.4, -0.2) is 54.1 Å². The molecule has 13 nitrogen and oxygen atoms in total. The van der Waals surface area contributed by atoms with Gasteiger partial charge in [-0.3, -0.25) is 29.6 Å². The number of nitrogen functional groups attached to an aromatic ring is 1. The first kappa shape index (κ1) is 33.3. The SMILES string of the molecule is CCCCC(NC(=O)C(Cc1ccc(C(=N)N)cc1)C(=O)Nc1ccccc1)C(=O)N[C@@H](CCCN=C(N)N)C(N)=O. The van der Waals surface area contributed by atoms with Crippen LogP contribution in [0.5, 0.6) is 0 Å². The normalized spacial score (nSPS) is 12.7. The molecular weight excluding hydrogens is 538 g/mol. The minimum Gasteiger partial charge on any atom is -0.384 e.